The number of amides is 6. The normalized spacial score (nSPS) is 22.5. The van der Waals surface area contributed by atoms with E-state index in [1.807, 2.05) is 6.92 Å². The number of ether oxygens (including phenoxy) is 8. The van der Waals surface area contributed by atoms with Gasteiger partial charge in [0.05, 0.1) is 95.8 Å². The topological polar surface area (TPSA) is 524 Å². The average Bonchev–Trinajstić information content (AvgIpc) is 4.00. The molecule has 0 aromatic carbocycles. The van der Waals surface area contributed by atoms with Gasteiger partial charge in [0.15, 0.2) is 30.2 Å². The highest BCUT2D eigenvalue weighted by atomic mass is 16.6. The monoisotopic (exact) mass is 1190 g/mol. The molecule has 0 aromatic rings. The van der Waals surface area contributed by atoms with Crippen molar-refractivity contribution in [2.24, 2.45) is 50.7 Å². The molecule has 0 bridgehead atoms. The predicted octanol–water partition coefficient (Wildman–Crippen LogP) is -6.00. The van der Waals surface area contributed by atoms with Gasteiger partial charge in [-0.3, -0.25) is 19.2 Å². The van der Waals surface area contributed by atoms with Gasteiger partial charge >= 0.3 is 24.1 Å². The summed E-state index contributed by atoms with van der Waals surface area (Å²) in [7, 11) is 0. The van der Waals surface area contributed by atoms with Crippen LogP contribution in [-0.2, 0) is 66.7 Å². The second-order valence-electron chi connectivity index (χ2n) is 19.1. The van der Waals surface area contributed by atoms with Crippen LogP contribution in [0.25, 0.3) is 0 Å². The lowest BCUT2D eigenvalue weighted by atomic mass is 9.87. The summed E-state index contributed by atoms with van der Waals surface area (Å²) in [6, 6.07) is -3.58. The number of nitrogens with zero attached hydrogens (tertiary/aromatic N) is 3. The molecule has 470 valence electrons. The molecular formula is C49H82N12O22. The van der Waals surface area contributed by atoms with Crippen LogP contribution >= 0.6 is 0 Å². The largest absolute Gasteiger partial charge is 0.479 e. The van der Waals surface area contributed by atoms with Crippen LogP contribution in [0.2, 0.25) is 0 Å². The summed E-state index contributed by atoms with van der Waals surface area (Å²) in [5, 5.41) is 73.0. The maximum absolute atomic E-state index is 13.8. The van der Waals surface area contributed by atoms with Gasteiger partial charge < -0.3 is 123 Å². The smallest absolute Gasteiger partial charge is 0.407 e. The first-order valence-corrected chi connectivity index (χ1v) is 26.8. The number of rotatable bonds is 37. The molecule has 0 radical (unpaired) electrons. The van der Waals surface area contributed by atoms with Gasteiger partial charge in [-0.05, 0) is 31.4 Å². The lowest BCUT2D eigenvalue weighted by Gasteiger charge is -2.39. The number of carbonyl (C=O) groups is 8. The molecule has 3 rings (SSSR count). The maximum Gasteiger partial charge on any atom is 0.407 e. The van der Waals surface area contributed by atoms with Crippen molar-refractivity contribution in [2.45, 2.75) is 101 Å². The van der Waals surface area contributed by atoms with E-state index in [0.29, 0.717) is 33.0 Å². The zero-order chi connectivity index (χ0) is 61.6. The van der Waals surface area contributed by atoms with Crippen molar-refractivity contribution in [3.63, 3.8) is 0 Å². The highest BCUT2D eigenvalue weighted by Crippen LogP contribution is 2.31. The van der Waals surface area contributed by atoms with Crippen LogP contribution in [-0.4, -0.2) is 255 Å². The number of aliphatic carboxylic acids is 2. The number of nitrogens with two attached hydrogens (primary N) is 4. The molecule has 1 saturated heterocycles. The summed E-state index contributed by atoms with van der Waals surface area (Å²) in [6.07, 6.45) is -9.25. The lowest BCUT2D eigenvalue weighted by Crippen LogP contribution is -2.61. The van der Waals surface area contributed by atoms with Crippen molar-refractivity contribution in [2.75, 3.05) is 105 Å². The van der Waals surface area contributed by atoms with Crippen LogP contribution in [0.4, 0.5) is 9.59 Å². The molecule has 6 amide bonds. The van der Waals surface area contributed by atoms with Crippen LogP contribution in [0.15, 0.2) is 33.7 Å². The van der Waals surface area contributed by atoms with Gasteiger partial charge in [0.1, 0.15) is 18.3 Å². The molecule has 0 aliphatic carbocycles. The van der Waals surface area contributed by atoms with Crippen molar-refractivity contribution in [1.29, 1.82) is 0 Å². The van der Waals surface area contributed by atoms with Crippen LogP contribution in [0, 0.1) is 17.8 Å². The Morgan fingerprint density at radius 3 is 1.48 bits per heavy atom. The van der Waals surface area contributed by atoms with Crippen LogP contribution in [0.1, 0.15) is 46.5 Å². The van der Waals surface area contributed by atoms with Crippen molar-refractivity contribution in [3.05, 3.63) is 23.7 Å². The van der Waals surface area contributed by atoms with Crippen molar-refractivity contribution < 1.29 is 107 Å². The molecule has 1 fully saturated rings. The molecule has 19 N–H and O–H groups in total. The van der Waals surface area contributed by atoms with Gasteiger partial charge in [0.2, 0.25) is 35.1 Å². The minimum atomic E-state index is -1.88. The molecule has 3 heterocycles. The maximum atomic E-state index is 13.8. The molecule has 3 aliphatic rings. The van der Waals surface area contributed by atoms with Crippen molar-refractivity contribution in [1.82, 2.24) is 31.5 Å². The standard InChI is InChI=1S/C49H82N12O22/c1-4-12-76-14-16-78-18-19-79-17-15-77-13-7-36(67)61-22-28(42(68)54-8-5-10-56-48(74)82-39(32(65)24-62)38-26(2)30(59-46(50)51)20-34(80-38)44(70)71)29(23-61)43(69)55-9-6-11-57-49(75)83-40(33(66)25-63)41-37(58-27(3)64)31(60-47(52)53)21-35(81-41)45(72)73/h20-21,26,28-33,37-41,62-63,65-66H,4-19,22-25H2,1-3H3,(H,54,68)(H,55,69)(H,56,74)(H,57,75)(H,58,64)(H,70,71)(H,72,73)(H4,50,51,59)(H4,52,53,60)/t26-,28-,29-,30+,31+,32-,33-,37-,38-,39-,40-,41-/m1/s1. The molecule has 0 aromatic heterocycles. The lowest BCUT2D eigenvalue weighted by molar-refractivity contribution is -0.147. The summed E-state index contributed by atoms with van der Waals surface area (Å²) in [4.78, 5) is 112. The fourth-order valence-corrected chi connectivity index (χ4v) is 8.68. The third-order valence-electron chi connectivity index (χ3n) is 12.7. The number of carboxylic acid groups (broad SMARTS) is 2. The summed E-state index contributed by atoms with van der Waals surface area (Å²) in [5.74, 6) is -10.5. The van der Waals surface area contributed by atoms with E-state index in [4.69, 9.17) is 60.8 Å². The second-order valence-corrected chi connectivity index (χ2v) is 19.1. The number of hydrogen-bond donors (Lipinski definition) is 15. The van der Waals surface area contributed by atoms with E-state index >= 15 is 0 Å². The van der Waals surface area contributed by atoms with E-state index in [1.165, 1.54) is 4.90 Å². The molecule has 0 unspecified atom stereocenters. The number of carboxylic acids is 2. The minimum absolute atomic E-state index is 0.00997. The molecule has 34 heteroatoms. The second kappa shape index (κ2) is 37.0. The number of nitrogens with one attached hydrogen (secondary N) is 5. The number of aliphatic hydroxyl groups is 4. The Kier molecular flexibility index (Phi) is 31.2. The van der Waals surface area contributed by atoms with E-state index in [2.05, 4.69) is 36.6 Å². The Morgan fingerprint density at radius 1 is 0.639 bits per heavy atom. The molecule has 0 spiro atoms. The number of hydrogen-bond acceptors (Lipinski definition) is 22. The van der Waals surface area contributed by atoms with Crippen molar-refractivity contribution in [3.8, 4) is 0 Å². The van der Waals surface area contributed by atoms with E-state index in [1.54, 1.807) is 6.92 Å². The zero-order valence-corrected chi connectivity index (χ0v) is 46.6. The molecule has 83 heavy (non-hydrogen) atoms. The SMILES string of the molecule is CCCOCCOCCOCCOCCC(=O)N1C[C@@H](C(=O)NCCCNC(=O)O[C@@H]([C@@H]2OC(C(=O)O)=C[C@H](N=C(N)N)[C@H]2C)[C@H](O)CO)[C@H](C(=O)NCCCNC(=O)O[C@@H]([C@@H]2OC(C(=O)O)=C[C@H](N=C(N)N)[C@H]2NC(C)=O)[C@H](O)CO)C1. The minimum Gasteiger partial charge on any atom is -0.479 e. The molecule has 12 atom stereocenters. The van der Waals surface area contributed by atoms with Gasteiger partial charge in [-0.2, -0.15) is 0 Å². The fourth-order valence-electron chi connectivity index (χ4n) is 8.68. The molecule has 3 aliphatic heterocycles. The Balaban J connectivity index is 1.62. The number of alkyl carbamates (subject to hydrolysis) is 2. The molecule has 34 nitrogen and oxygen atoms in total. The van der Waals surface area contributed by atoms with Gasteiger partial charge in [-0.1, -0.05) is 13.8 Å². The number of likely N-dealkylation sites (tertiary alicyclic amines) is 1. The van der Waals surface area contributed by atoms with Gasteiger partial charge in [-0.25, -0.2) is 29.2 Å². The van der Waals surface area contributed by atoms with Gasteiger partial charge in [-0.15, -0.1) is 0 Å². The fraction of sp³-hybridized carbons (Fsp3) is 0.714. The van der Waals surface area contributed by atoms with E-state index in [9.17, 15) is 69.0 Å². The number of carbonyl (C=O) groups excluding carboxylic acids is 6. The Bertz CT molecular complexity index is 2250. The van der Waals surface area contributed by atoms with E-state index in [-0.39, 0.29) is 84.3 Å². The Labute approximate surface area is 477 Å². The van der Waals surface area contributed by atoms with Gasteiger partial charge in [0.25, 0.3) is 0 Å². The third-order valence-corrected chi connectivity index (χ3v) is 12.7. The van der Waals surface area contributed by atoms with Crippen LogP contribution < -0.4 is 49.5 Å². The number of aliphatic hydroxyl groups excluding tert-OH is 4. The molecule has 0 saturated carbocycles. The highest BCUT2D eigenvalue weighted by molar-refractivity contribution is 5.90. The Morgan fingerprint density at radius 2 is 1.05 bits per heavy atom. The zero-order valence-electron chi connectivity index (χ0n) is 46.6. The summed E-state index contributed by atoms with van der Waals surface area (Å²) >= 11 is 0. The summed E-state index contributed by atoms with van der Waals surface area (Å²) in [5.41, 5.74) is 22.1. The van der Waals surface area contributed by atoms with E-state index < -0.39 is 151 Å². The summed E-state index contributed by atoms with van der Waals surface area (Å²) < 4.78 is 43.7. The van der Waals surface area contributed by atoms with Crippen LogP contribution in [0.3, 0.4) is 0 Å². The predicted molar refractivity (Wildman–Crippen MR) is 287 cm³/mol. The van der Waals surface area contributed by atoms with Gasteiger partial charge in [0, 0.05) is 58.7 Å². The van der Waals surface area contributed by atoms with E-state index in [0.717, 1.165) is 25.5 Å². The third kappa shape index (κ3) is 24.2. The first kappa shape index (κ1) is 69.9. The first-order chi connectivity index (χ1) is 39.5. The van der Waals surface area contributed by atoms with Crippen LogP contribution in [0.5, 0.6) is 0 Å². The average molecular weight is 1190 g/mol. The molecular weight excluding hydrogens is 1110 g/mol. The quantitative estimate of drug-likeness (QED) is 0.0156. The number of guanidine groups is 2. The first-order valence-electron chi connectivity index (χ1n) is 26.8. The highest BCUT2D eigenvalue weighted by Gasteiger charge is 2.48. The van der Waals surface area contributed by atoms with Crippen molar-refractivity contribution >= 4 is 59.7 Å². The summed E-state index contributed by atoms with van der Waals surface area (Å²) in [6.45, 7) is 4.69. The Hall–Kier alpha value is -7.34. The number of aliphatic imine (C=N–C) groups is 2.